The molecule has 0 aliphatic carbocycles. The summed E-state index contributed by atoms with van der Waals surface area (Å²) in [5, 5.41) is 2.85. The van der Waals surface area contributed by atoms with Crippen molar-refractivity contribution in [3.05, 3.63) is 0 Å². The molecule has 0 saturated carbocycles. The summed E-state index contributed by atoms with van der Waals surface area (Å²) in [7, 11) is 0. The fourth-order valence-electron chi connectivity index (χ4n) is 2.12. The molecule has 1 N–H and O–H groups in total. The maximum Gasteiger partial charge on any atom is 0.234 e. The Kier molecular flexibility index (Phi) is 6.09. The van der Waals surface area contributed by atoms with Crippen molar-refractivity contribution in [2.45, 2.75) is 34.1 Å². The fraction of sp³-hybridized carbons (Fsp3) is 0.929. The third-order valence-electron chi connectivity index (χ3n) is 3.38. The molecule has 1 rings (SSSR count). The zero-order valence-electron chi connectivity index (χ0n) is 12.5. The van der Waals surface area contributed by atoms with Gasteiger partial charge in [0.25, 0.3) is 0 Å². The molecule has 1 amide bonds. The molecule has 1 aliphatic heterocycles. The van der Waals surface area contributed by atoms with Gasteiger partial charge in [-0.25, -0.2) is 0 Å². The Bertz CT molecular complexity index is 252. The quantitative estimate of drug-likeness (QED) is 0.801. The number of amides is 1. The van der Waals surface area contributed by atoms with E-state index in [9.17, 15) is 4.79 Å². The number of rotatable bonds is 5. The van der Waals surface area contributed by atoms with Crippen molar-refractivity contribution in [1.82, 2.24) is 15.1 Å². The summed E-state index contributed by atoms with van der Waals surface area (Å²) in [5.74, 6) is 0.153. The van der Waals surface area contributed by atoms with E-state index >= 15 is 0 Å². The predicted molar refractivity (Wildman–Crippen MR) is 75.6 cm³/mol. The van der Waals surface area contributed by atoms with Gasteiger partial charge in [-0.1, -0.05) is 20.8 Å². The van der Waals surface area contributed by atoms with Crippen molar-refractivity contribution in [3.8, 4) is 0 Å². The Morgan fingerprint density at radius 2 is 1.67 bits per heavy atom. The first-order valence-electron chi connectivity index (χ1n) is 7.12. The van der Waals surface area contributed by atoms with Crippen LogP contribution in [0.4, 0.5) is 0 Å². The topological polar surface area (TPSA) is 35.6 Å². The lowest BCUT2D eigenvalue weighted by Gasteiger charge is -2.35. The molecule has 106 valence electrons. The van der Waals surface area contributed by atoms with Crippen LogP contribution in [0.1, 0.15) is 34.1 Å². The van der Waals surface area contributed by atoms with Crippen LogP contribution in [0.5, 0.6) is 0 Å². The number of nitrogens with zero attached hydrogens (tertiary/aromatic N) is 2. The van der Waals surface area contributed by atoms with Crippen LogP contribution < -0.4 is 5.32 Å². The van der Waals surface area contributed by atoms with Crippen LogP contribution in [-0.2, 0) is 4.79 Å². The molecule has 1 aliphatic rings. The highest BCUT2D eigenvalue weighted by atomic mass is 16.2. The third-order valence-corrected chi connectivity index (χ3v) is 3.38. The zero-order valence-corrected chi connectivity index (χ0v) is 12.5. The van der Waals surface area contributed by atoms with E-state index in [1.54, 1.807) is 0 Å². The van der Waals surface area contributed by atoms with Crippen LogP contribution >= 0.6 is 0 Å². The summed E-state index contributed by atoms with van der Waals surface area (Å²) in [6.07, 6.45) is 1.24. The average Bonchev–Trinajstić information content (AvgIpc) is 2.27. The molecule has 1 heterocycles. The molecule has 4 heteroatoms. The minimum Gasteiger partial charge on any atom is -0.355 e. The van der Waals surface area contributed by atoms with Gasteiger partial charge in [0.1, 0.15) is 0 Å². The summed E-state index contributed by atoms with van der Waals surface area (Å²) in [4.78, 5) is 16.2. The number of likely N-dealkylation sites (N-methyl/N-ethyl adjacent to an activating group) is 1. The molecule has 1 saturated heterocycles. The van der Waals surface area contributed by atoms with Crippen LogP contribution in [-0.4, -0.2) is 61.5 Å². The SMILES string of the molecule is CCNC(=O)CN1CCN(CCC(C)(C)C)CC1. The molecule has 0 bridgehead atoms. The van der Waals surface area contributed by atoms with E-state index in [4.69, 9.17) is 0 Å². The Morgan fingerprint density at radius 1 is 1.11 bits per heavy atom. The van der Waals surface area contributed by atoms with E-state index in [1.807, 2.05) is 6.92 Å². The molecule has 0 aromatic carbocycles. The molecule has 0 aromatic rings. The first kappa shape index (κ1) is 15.4. The van der Waals surface area contributed by atoms with E-state index in [1.165, 1.54) is 13.0 Å². The monoisotopic (exact) mass is 255 g/mol. The van der Waals surface area contributed by atoms with Crippen molar-refractivity contribution in [1.29, 1.82) is 0 Å². The number of nitrogens with one attached hydrogen (secondary N) is 1. The highest BCUT2D eigenvalue weighted by molar-refractivity contribution is 5.77. The molecule has 0 atom stereocenters. The number of hydrogen-bond donors (Lipinski definition) is 1. The number of piperazine rings is 1. The predicted octanol–water partition coefficient (Wildman–Crippen LogP) is 1.18. The van der Waals surface area contributed by atoms with Gasteiger partial charge in [-0.2, -0.15) is 0 Å². The van der Waals surface area contributed by atoms with E-state index in [2.05, 4.69) is 35.9 Å². The molecule has 0 unspecified atom stereocenters. The van der Waals surface area contributed by atoms with Crippen molar-refractivity contribution in [3.63, 3.8) is 0 Å². The maximum atomic E-state index is 11.5. The Balaban J connectivity index is 2.18. The van der Waals surface area contributed by atoms with E-state index in [0.717, 1.165) is 32.7 Å². The molecule has 0 spiro atoms. The third kappa shape index (κ3) is 6.36. The Labute approximate surface area is 112 Å². The Morgan fingerprint density at radius 3 is 2.17 bits per heavy atom. The summed E-state index contributed by atoms with van der Waals surface area (Å²) < 4.78 is 0. The first-order valence-corrected chi connectivity index (χ1v) is 7.12. The second-order valence-electron chi connectivity index (χ2n) is 6.38. The van der Waals surface area contributed by atoms with Gasteiger partial charge in [0.2, 0.25) is 5.91 Å². The second-order valence-corrected chi connectivity index (χ2v) is 6.38. The molecule has 4 nitrogen and oxygen atoms in total. The smallest absolute Gasteiger partial charge is 0.234 e. The van der Waals surface area contributed by atoms with E-state index in [-0.39, 0.29) is 5.91 Å². The minimum atomic E-state index is 0.153. The van der Waals surface area contributed by atoms with Crippen molar-refractivity contribution < 1.29 is 4.79 Å². The summed E-state index contributed by atoms with van der Waals surface area (Å²) in [5.41, 5.74) is 0.415. The lowest BCUT2D eigenvalue weighted by atomic mass is 9.92. The zero-order chi connectivity index (χ0) is 13.6. The summed E-state index contributed by atoms with van der Waals surface area (Å²) >= 11 is 0. The molecule has 0 aromatic heterocycles. The van der Waals surface area contributed by atoms with Crippen LogP contribution in [0.25, 0.3) is 0 Å². The van der Waals surface area contributed by atoms with Crippen LogP contribution in [0.2, 0.25) is 0 Å². The lowest BCUT2D eigenvalue weighted by molar-refractivity contribution is -0.122. The largest absolute Gasteiger partial charge is 0.355 e. The number of carbonyl (C=O) groups excluding carboxylic acids is 1. The maximum absolute atomic E-state index is 11.5. The van der Waals surface area contributed by atoms with E-state index < -0.39 is 0 Å². The van der Waals surface area contributed by atoms with Gasteiger partial charge >= 0.3 is 0 Å². The van der Waals surface area contributed by atoms with Gasteiger partial charge in [0.15, 0.2) is 0 Å². The normalized spacial score (nSPS) is 18.9. The Hall–Kier alpha value is -0.610. The number of carbonyl (C=O) groups is 1. The summed E-state index contributed by atoms with van der Waals surface area (Å²) in [6.45, 7) is 15.5. The van der Waals surface area contributed by atoms with Gasteiger partial charge in [-0.3, -0.25) is 9.69 Å². The van der Waals surface area contributed by atoms with E-state index in [0.29, 0.717) is 12.0 Å². The lowest BCUT2D eigenvalue weighted by Crippen LogP contribution is -2.49. The van der Waals surface area contributed by atoms with Gasteiger partial charge in [-0.05, 0) is 25.3 Å². The average molecular weight is 255 g/mol. The van der Waals surface area contributed by atoms with Crippen molar-refractivity contribution in [2.24, 2.45) is 5.41 Å². The standard InChI is InChI=1S/C14H29N3O/c1-5-15-13(18)12-17-10-8-16(9-11-17)7-6-14(2,3)4/h5-12H2,1-4H3,(H,15,18). The summed E-state index contributed by atoms with van der Waals surface area (Å²) in [6, 6.07) is 0. The van der Waals surface area contributed by atoms with Gasteiger partial charge in [0.05, 0.1) is 6.54 Å². The van der Waals surface area contributed by atoms with Crippen LogP contribution in [0, 0.1) is 5.41 Å². The second kappa shape index (κ2) is 7.10. The highest BCUT2D eigenvalue weighted by Gasteiger charge is 2.20. The first-order chi connectivity index (χ1) is 8.40. The van der Waals surface area contributed by atoms with Crippen LogP contribution in [0.3, 0.4) is 0 Å². The fourth-order valence-corrected chi connectivity index (χ4v) is 2.12. The van der Waals surface area contributed by atoms with Crippen molar-refractivity contribution >= 4 is 5.91 Å². The van der Waals surface area contributed by atoms with Gasteiger partial charge in [-0.15, -0.1) is 0 Å². The van der Waals surface area contributed by atoms with Gasteiger partial charge in [0, 0.05) is 32.7 Å². The molecular weight excluding hydrogens is 226 g/mol. The van der Waals surface area contributed by atoms with Crippen LogP contribution in [0.15, 0.2) is 0 Å². The molecule has 18 heavy (non-hydrogen) atoms. The highest BCUT2D eigenvalue weighted by Crippen LogP contribution is 2.19. The van der Waals surface area contributed by atoms with Crippen molar-refractivity contribution in [2.75, 3.05) is 45.8 Å². The molecular formula is C14H29N3O. The number of hydrogen-bond acceptors (Lipinski definition) is 3. The molecule has 0 radical (unpaired) electrons. The molecule has 1 fully saturated rings. The minimum absolute atomic E-state index is 0.153. The van der Waals surface area contributed by atoms with Gasteiger partial charge < -0.3 is 10.2 Å².